The van der Waals surface area contributed by atoms with E-state index in [1.165, 1.54) is 18.5 Å². The van der Waals surface area contributed by atoms with Gasteiger partial charge in [0.1, 0.15) is 23.7 Å². The second kappa shape index (κ2) is 6.83. The van der Waals surface area contributed by atoms with Crippen LogP contribution in [0.3, 0.4) is 0 Å². The van der Waals surface area contributed by atoms with Crippen molar-refractivity contribution in [3.05, 3.63) is 72.1 Å². The Kier molecular flexibility index (Phi) is 4.42. The standard InChI is InChI=1S/C17H15FN4O/c1-12-8-16(22-11-21-12)20-10-13-6-7-19-17(9-13)23-15-4-2-14(18)3-5-15/h2-9,11H,10H2,1H3,(H,20,21,22). The summed E-state index contributed by atoms with van der Waals surface area (Å²) in [6, 6.07) is 11.4. The summed E-state index contributed by atoms with van der Waals surface area (Å²) in [6.07, 6.45) is 3.19. The number of pyridine rings is 1. The molecule has 2 aromatic heterocycles. The second-order valence-electron chi connectivity index (χ2n) is 4.96. The molecule has 0 aliphatic rings. The summed E-state index contributed by atoms with van der Waals surface area (Å²) >= 11 is 0. The molecule has 5 nitrogen and oxygen atoms in total. The van der Waals surface area contributed by atoms with Gasteiger partial charge in [0, 0.05) is 30.6 Å². The maximum atomic E-state index is 12.9. The lowest BCUT2D eigenvalue weighted by molar-refractivity contribution is 0.460. The second-order valence-corrected chi connectivity index (χ2v) is 4.96. The number of aryl methyl sites for hydroxylation is 1. The van der Waals surface area contributed by atoms with Crippen molar-refractivity contribution >= 4 is 5.82 Å². The fraction of sp³-hybridized carbons (Fsp3) is 0.118. The minimum Gasteiger partial charge on any atom is -0.439 e. The molecular weight excluding hydrogens is 295 g/mol. The van der Waals surface area contributed by atoms with E-state index < -0.39 is 0 Å². The van der Waals surface area contributed by atoms with Gasteiger partial charge >= 0.3 is 0 Å². The van der Waals surface area contributed by atoms with Crippen LogP contribution in [0.25, 0.3) is 0 Å². The van der Waals surface area contributed by atoms with E-state index in [0.717, 1.165) is 17.1 Å². The van der Waals surface area contributed by atoms with Crippen LogP contribution in [0.4, 0.5) is 10.2 Å². The number of anilines is 1. The highest BCUT2D eigenvalue weighted by Crippen LogP contribution is 2.20. The zero-order valence-corrected chi connectivity index (χ0v) is 12.5. The smallest absolute Gasteiger partial charge is 0.219 e. The van der Waals surface area contributed by atoms with Crippen LogP contribution >= 0.6 is 0 Å². The molecule has 0 atom stereocenters. The molecule has 0 bridgehead atoms. The number of ether oxygens (including phenoxy) is 1. The molecule has 6 heteroatoms. The molecule has 1 N–H and O–H groups in total. The van der Waals surface area contributed by atoms with Crippen LogP contribution in [0.5, 0.6) is 11.6 Å². The van der Waals surface area contributed by atoms with E-state index in [1.807, 2.05) is 25.1 Å². The zero-order valence-electron chi connectivity index (χ0n) is 12.5. The van der Waals surface area contributed by atoms with Crippen LogP contribution in [0.2, 0.25) is 0 Å². The Hall–Kier alpha value is -3.02. The first-order chi connectivity index (χ1) is 11.2. The number of nitrogens with zero attached hydrogens (tertiary/aromatic N) is 3. The van der Waals surface area contributed by atoms with E-state index in [2.05, 4.69) is 20.3 Å². The number of rotatable bonds is 5. The minimum atomic E-state index is -0.302. The average Bonchev–Trinajstić information content (AvgIpc) is 2.56. The van der Waals surface area contributed by atoms with Crippen molar-refractivity contribution < 1.29 is 9.13 Å². The van der Waals surface area contributed by atoms with Gasteiger partial charge < -0.3 is 10.1 Å². The lowest BCUT2D eigenvalue weighted by atomic mass is 10.2. The van der Waals surface area contributed by atoms with Crippen LogP contribution in [0.15, 0.2) is 55.0 Å². The summed E-state index contributed by atoms with van der Waals surface area (Å²) in [5, 5.41) is 3.22. The summed E-state index contributed by atoms with van der Waals surface area (Å²) in [5.41, 5.74) is 1.89. The van der Waals surface area contributed by atoms with E-state index in [4.69, 9.17) is 4.74 Å². The summed E-state index contributed by atoms with van der Waals surface area (Å²) < 4.78 is 18.5. The summed E-state index contributed by atoms with van der Waals surface area (Å²) in [7, 11) is 0. The molecule has 0 radical (unpaired) electrons. The van der Waals surface area contributed by atoms with Crippen LogP contribution < -0.4 is 10.1 Å². The Morgan fingerprint density at radius 2 is 1.87 bits per heavy atom. The van der Waals surface area contributed by atoms with Crippen molar-refractivity contribution in [2.75, 3.05) is 5.32 Å². The van der Waals surface area contributed by atoms with E-state index in [-0.39, 0.29) is 5.82 Å². The van der Waals surface area contributed by atoms with Crippen LogP contribution in [0.1, 0.15) is 11.3 Å². The molecule has 0 aliphatic heterocycles. The van der Waals surface area contributed by atoms with E-state index in [9.17, 15) is 4.39 Å². The topological polar surface area (TPSA) is 59.9 Å². The van der Waals surface area contributed by atoms with Crippen LogP contribution in [-0.4, -0.2) is 15.0 Å². The summed E-state index contributed by atoms with van der Waals surface area (Å²) in [4.78, 5) is 12.4. The predicted molar refractivity (Wildman–Crippen MR) is 84.8 cm³/mol. The van der Waals surface area contributed by atoms with E-state index >= 15 is 0 Å². The molecule has 3 rings (SSSR count). The van der Waals surface area contributed by atoms with Crippen molar-refractivity contribution in [2.45, 2.75) is 13.5 Å². The monoisotopic (exact) mass is 310 g/mol. The first kappa shape index (κ1) is 14.9. The van der Waals surface area contributed by atoms with Gasteiger partial charge in [0.05, 0.1) is 0 Å². The first-order valence-electron chi connectivity index (χ1n) is 7.10. The van der Waals surface area contributed by atoms with Crippen molar-refractivity contribution in [1.82, 2.24) is 15.0 Å². The van der Waals surface area contributed by atoms with Crippen LogP contribution in [0, 0.1) is 12.7 Å². The Morgan fingerprint density at radius 3 is 2.65 bits per heavy atom. The third-order valence-electron chi connectivity index (χ3n) is 3.11. The van der Waals surface area contributed by atoms with Gasteiger partial charge in [-0.3, -0.25) is 0 Å². The third kappa shape index (κ3) is 4.23. The highest BCUT2D eigenvalue weighted by Gasteiger charge is 2.02. The molecule has 0 spiro atoms. The quantitative estimate of drug-likeness (QED) is 0.778. The minimum absolute atomic E-state index is 0.302. The fourth-order valence-electron chi connectivity index (χ4n) is 1.98. The highest BCUT2D eigenvalue weighted by molar-refractivity contribution is 5.36. The third-order valence-corrected chi connectivity index (χ3v) is 3.11. The fourth-order valence-corrected chi connectivity index (χ4v) is 1.98. The number of halogens is 1. The van der Waals surface area contributed by atoms with Gasteiger partial charge in [0.25, 0.3) is 0 Å². The molecular formula is C17H15FN4O. The average molecular weight is 310 g/mol. The Morgan fingerprint density at radius 1 is 1.04 bits per heavy atom. The molecule has 0 fully saturated rings. The molecule has 0 aliphatic carbocycles. The molecule has 1 aromatic carbocycles. The largest absolute Gasteiger partial charge is 0.439 e. The van der Waals surface area contributed by atoms with Gasteiger partial charge in [-0.15, -0.1) is 0 Å². The molecule has 2 heterocycles. The highest BCUT2D eigenvalue weighted by atomic mass is 19.1. The molecule has 0 unspecified atom stereocenters. The number of hydrogen-bond donors (Lipinski definition) is 1. The molecule has 0 saturated carbocycles. The molecule has 0 saturated heterocycles. The van der Waals surface area contributed by atoms with Gasteiger partial charge in [-0.2, -0.15) is 0 Å². The molecule has 0 amide bonds. The summed E-state index contributed by atoms with van der Waals surface area (Å²) in [6.45, 7) is 2.49. The van der Waals surface area contributed by atoms with Gasteiger partial charge in [-0.1, -0.05) is 0 Å². The summed E-state index contributed by atoms with van der Waals surface area (Å²) in [5.74, 6) is 1.45. The molecule has 116 valence electrons. The Balaban J connectivity index is 1.66. The number of aromatic nitrogens is 3. The maximum absolute atomic E-state index is 12.9. The van der Waals surface area contributed by atoms with Crippen molar-refractivity contribution in [3.63, 3.8) is 0 Å². The SMILES string of the molecule is Cc1cc(NCc2ccnc(Oc3ccc(F)cc3)c2)ncn1. The van der Waals surface area contributed by atoms with Gasteiger partial charge in [-0.25, -0.2) is 19.3 Å². The lowest BCUT2D eigenvalue weighted by Crippen LogP contribution is -2.02. The lowest BCUT2D eigenvalue weighted by Gasteiger charge is -2.08. The normalized spacial score (nSPS) is 10.3. The van der Waals surface area contributed by atoms with Crippen molar-refractivity contribution in [3.8, 4) is 11.6 Å². The van der Waals surface area contributed by atoms with E-state index in [1.54, 1.807) is 18.3 Å². The number of hydrogen-bond acceptors (Lipinski definition) is 5. The van der Waals surface area contributed by atoms with Gasteiger partial charge in [0.15, 0.2) is 0 Å². The zero-order chi connectivity index (χ0) is 16.1. The molecule has 3 aromatic rings. The Bertz CT molecular complexity index is 793. The maximum Gasteiger partial charge on any atom is 0.219 e. The first-order valence-corrected chi connectivity index (χ1v) is 7.10. The number of nitrogens with one attached hydrogen (secondary N) is 1. The molecule has 23 heavy (non-hydrogen) atoms. The van der Waals surface area contributed by atoms with Gasteiger partial charge in [0.2, 0.25) is 5.88 Å². The van der Waals surface area contributed by atoms with E-state index in [0.29, 0.717) is 18.2 Å². The van der Waals surface area contributed by atoms with Crippen molar-refractivity contribution in [1.29, 1.82) is 0 Å². The van der Waals surface area contributed by atoms with Crippen molar-refractivity contribution in [2.24, 2.45) is 0 Å². The number of benzene rings is 1. The van der Waals surface area contributed by atoms with Gasteiger partial charge in [-0.05, 0) is 42.8 Å². The Labute approximate surface area is 133 Å². The predicted octanol–water partition coefficient (Wildman–Crippen LogP) is 3.72. The van der Waals surface area contributed by atoms with Crippen LogP contribution in [-0.2, 0) is 6.54 Å².